The van der Waals surface area contributed by atoms with E-state index in [4.69, 9.17) is 12.4 Å². The molecule has 5 aromatic rings. The van der Waals surface area contributed by atoms with Gasteiger partial charge in [-0.3, -0.25) is 0 Å². The lowest BCUT2D eigenvalue weighted by Crippen LogP contribution is -2.31. The summed E-state index contributed by atoms with van der Waals surface area (Å²) in [6.07, 6.45) is 2.01. The van der Waals surface area contributed by atoms with Gasteiger partial charge >= 0.3 is 0 Å². The average Bonchev–Trinajstić information content (AvgIpc) is 3.17. The second kappa shape index (κ2) is 7.66. The maximum atomic E-state index is 8.51. The largest absolute Gasteiger partial charge is 0.456 e. The van der Waals surface area contributed by atoms with E-state index in [0.717, 1.165) is 55.4 Å². The minimum atomic E-state index is -0.705. The van der Waals surface area contributed by atoms with E-state index >= 15 is 0 Å². The molecule has 0 spiro atoms. The Labute approximate surface area is 189 Å². The van der Waals surface area contributed by atoms with Crippen molar-refractivity contribution in [3.63, 3.8) is 0 Å². The monoisotopic (exact) mass is 418 g/mol. The van der Waals surface area contributed by atoms with E-state index in [1.807, 2.05) is 75.6 Å². The van der Waals surface area contributed by atoms with Crippen molar-refractivity contribution in [1.29, 1.82) is 0 Å². The molecule has 2 aromatic heterocycles. The summed E-state index contributed by atoms with van der Waals surface area (Å²) in [6.45, 7) is 13.6. The van der Waals surface area contributed by atoms with E-state index in [9.17, 15) is 0 Å². The third kappa shape index (κ3) is 3.08. The van der Waals surface area contributed by atoms with E-state index in [1.165, 1.54) is 0 Å². The molecule has 0 aliphatic rings. The first-order valence-corrected chi connectivity index (χ1v) is 10.7. The van der Waals surface area contributed by atoms with E-state index < -0.39 is 5.89 Å². The van der Waals surface area contributed by atoms with Gasteiger partial charge in [0.2, 0.25) is 5.69 Å². The molecule has 2 heterocycles. The molecule has 0 aliphatic heterocycles. The maximum Gasteiger partial charge on any atom is 0.216 e. The minimum Gasteiger partial charge on any atom is -0.456 e. The van der Waals surface area contributed by atoms with Gasteiger partial charge in [0.05, 0.1) is 12.1 Å². The average molecular weight is 419 g/mol. The molecule has 3 aromatic carbocycles. The Kier molecular flexibility index (Phi) is 4.51. The predicted molar refractivity (Wildman–Crippen MR) is 131 cm³/mol. The Hall–Kier alpha value is -3.90. The summed E-state index contributed by atoms with van der Waals surface area (Å²) in [5.41, 5.74) is 7.98. The van der Waals surface area contributed by atoms with E-state index in [0.29, 0.717) is 5.69 Å². The van der Waals surface area contributed by atoms with Crippen molar-refractivity contribution in [2.45, 2.75) is 26.7 Å². The summed E-state index contributed by atoms with van der Waals surface area (Å²) >= 11 is 0. The standard InChI is InChI=1S/C29H25N2O/c1-18(2)21-15-16-31(5)25(17-21)26-19(3)11-12-22-23-13-14-24(30-4)27(29(23)32-28(22)26)20-9-7-6-8-10-20/h6-18H,1-3,5H3/q+1/i18D. The number of hydrogen-bond acceptors (Lipinski definition) is 1. The molecule has 0 aliphatic carbocycles. The van der Waals surface area contributed by atoms with Crippen LogP contribution in [0.5, 0.6) is 0 Å². The molecule has 32 heavy (non-hydrogen) atoms. The fraction of sp³-hybridized carbons (Fsp3) is 0.172. The Bertz CT molecular complexity index is 1570. The Morgan fingerprint density at radius 1 is 0.938 bits per heavy atom. The van der Waals surface area contributed by atoms with Crippen LogP contribution in [0.25, 0.3) is 49.2 Å². The van der Waals surface area contributed by atoms with Crippen LogP contribution in [0.15, 0.2) is 77.3 Å². The molecular weight excluding hydrogens is 392 g/mol. The maximum absolute atomic E-state index is 8.51. The third-order valence-corrected chi connectivity index (χ3v) is 6.16. The lowest BCUT2D eigenvalue weighted by molar-refractivity contribution is -0.660. The first-order chi connectivity index (χ1) is 15.8. The minimum absolute atomic E-state index is 0.578. The molecule has 0 unspecified atom stereocenters. The van der Waals surface area contributed by atoms with E-state index in [-0.39, 0.29) is 0 Å². The van der Waals surface area contributed by atoms with Crippen molar-refractivity contribution in [3.05, 3.63) is 95.5 Å². The van der Waals surface area contributed by atoms with Gasteiger partial charge in [0.15, 0.2) is 11.9 Å². The van der Waals surface area contributed by atoms with Crippen LogP contribution < -0.4 is 4.57 Å². The lowest BCUT2D eigenvalue weighted by Gasteiger charge is -2.09. The van der Waals surface area contributed by atoms with Crippen LogP contribution in [0.3, 0.4) is 0 Å². The molecule has 0 amide bonds. The Balaban J connectivity index is 1.89. The number of fused-ring (bicyclic) bond motifs is 3. The first-order valence-electron chi connectivity index (χ1n) is 11.2. The quantitative estimate of drug-likeness (QED) is 0.217. The normalized spacial score (nSPS) is 12.2. The topological polar surface area (TPSA) is 21.4 Å². The van der Waals surface area contributed by atoms with Crippen LogP contribution in [-0.2, 0) is 7.05 Å². The van der Waals surface area contributed by atoms with Gasteiger partial charge in [-0.1, -0.05) is 68.4 Å². The Morgan fingerprint density at radius 3 is 2.31 bits per heavy atom. The number of rotatable bonds is 3. The Morgan fingerprint density at radius 2 is 1.62 bits per heavy atom. The number of nitrogens with zero attached hydrogens (tertiary/aromatic N) is 2. The highest BCUT2D eigenvalue weighted by molar-refractivity contribution is 6.15. The third-order valence-electron chi connectivity index (χ3n) is 6.16. The van der Waals surface area contributed by atoms with E-state index in [2.05, 4.69) is 34.5 Å². The molecule has 3 heteroatoms. The number of aryl methyl sites for hydroxylation is 2. The summed E-state index contributed by atoms with van der Waals surface area (Å²) in [4.78, 5) is 3.78. The van der Waals surface area contributed by atoms with Crippen LogP contribution in [0.1, 0.15) is 32.2 Å². The highest BCUT2D eigenvalue weighted by Crippen LogP contribution is 2.44. The molecule has 0 bridgehead atoms. The summed E-state index contributed by atoms with van der Waals surface area (Å²) in [7, 11) is 2.02. The smallest absolute Gasteiger partial charge is 0.216 e. The second-order valence-corrected chi connectivity index (χ2v) is 8.46. The van der Waals surface area contributed by atoms with Gasteiger partial charge in [-0.25, -0.2) is 9.41 Å². The zero-order valence-electron chi connectivity index (χ0n) is 19.7. The van der Waals surface area contributed by atoms with Gasteiger partial charge in [-0.2, -0.15) is 0 Å². The van der Waals surface area contributed by atoms with Crippen molar-refractivity contribution < 1.29 is 10.4 Å². The predicted octanol–water partition coefficient (Wildman–Crippen LogP) is 7.73. The summed E-state index contributed by atoms with van der Waals surface area (Å²) in [5, 5.41) is 2.02. The van der Waals surface area contributed by atoms with Gasteiger partial charge < -0.3 is 4.42 Å². The first kappa shape index (κ1) is 18.8. The number of aromatic nitrogens is 1. The lowest BCUT2D eigenvalue weighted by atomic mass is 9.96. The molecule has 0 fully saturated rings. The van der Waals surface area contributed by atoms with Gasteiger partial charge in [0.25, 0.3) is 0 Å². The number of pyridine rings is 1. The number of hydrogen-bond donors (Lipinski definition) is 0. The number of benzene rings is 3. The highest BCUT2D eigenvalue weighted by atomic mass is 16.3. The summed E-state index contributed by atoms with van der Waals surface area (Å²) in [5.74, 6) is -0.705. The molecule has 3 nitrogen and oxygen atoms in total. The summed E-state index contributed by atoms with van der Waals surface area (Å²) < 4.78 is 17.2. The molecule has 0 atom stereocenters. The van der Waals surface area contributed by atoms with Crippen molar-refractivity contribution >= 4 is 27.6 Å². The van der Waals surface area contributed by atoms with Gasteiger partial charge in [0.1, 0.15) is 18.2 Å². The van der Waals surface area contributed by atoms with Crippen molar-refractivity contribution in [2.24, 2.45) is 7.05 Å². The molecule has 0 saturated heterocycles. The highest BCUT2D eigenvalue weighted by Gasteiger charge is 2.23. The molecule has 0 N–H and O–H groups in total. The van der Waals surface area contributed by atoms with Crippen LogP contribution in [0.4, 0.5) is 5.69 Å². The molecule has 156 valence electrons. The van der Waals surface area contributed by atoms with Crippen molar-refractivity contribution in [3.8, 4) is 22.4 Å². The van der Waals surface area contributed by atoms with Crippen LogP contribution in [-0.4, -0.2) is 0 Å². The van der Waals surface area contributed by atoms with Crippen molar-refractivity contribution in [2.75, 3.05) is 0 Å². The molecular formula is C29H25N2O+. The van der Waals surface area contributed by atoms with Crippen LogP contribution in [0.2, 0.25) is 0 Å². The summed E-state index contributed by atoms with van der Waals surface area (Å²) in [6, 6.07) is 22.2. The van der Waals surface area contributed by atoms with Gasteiger partial charge in [-0.15, -0.1) is 0 Å². The van der Waals surface area contributed by atoms with Gasteiger partial charge in [0, 0.05) is 29.8 Å². The fourth-order valence-corrected chi connectivity index (χ4v) is 4.42. The van der Waals surface area contributed by atoms with Crippen molar-refractivity contribution in [1.82, 2.24) is 0 Å². The molecule has 0 radical (unpaired) electrons. The van der Waals surface area contributed by atoms with Crippen LogP contribution in [0, 0.1) is 13.5 Å². The SMILES string of the molecule is [2H]C(C)(C)c1cc[n+](C)c(-c2c(C)ccc3c2oc2c(-c4ccccc4)c([N+]#[C-])ccc23)c1. The molecule has 0 saturated carbocycles. The van der Waals surface area contributed by atoms with Crippen LogP contribution >= 0.6 is 0 Å². The van der Waals surface area contributed by atoms with E-state index in [1.54, 1.807) is 0 Å². The second-order valence-electron chi connectivity index (χ2n) is 8.46. The fourth-order valence-electron chi connectivity index (χ4n) is 4.42. The van der Waals surface area contributed by atoms with Gasteiger partial charge in [-0.05, 0) is 29.5 Å². The number of furan rings is 1. The zero-order chi connectivity index (χ0) is 23.3. The zero-order valence-corrected chi connectivity index (χ0v) is 18.7. The molecule has 5 rings (SSSR count).